The Morgan fingerprint density at radius 2 is 1.93 bits per heavy atom. The first-order valence-electron chi connectivity index (χ1n) is 9.77. The number of hydrogen-bond acceptors (Lipinski definition) is 5. The van der Waals surface area contributed by atoms with E-state index in [9.17, 15) is 9.59 Å². The van der Waals surface area contributed by atoms with Gasteiger partial charge in [0.1, 0.15) is 12.4 Å². The van der Waals surface area contributed by atoms with Gasteiger partial charge in [0, 0.05) is 12.5 Å². The van der Waals surface area contributed by atoms with Crippen molar-refractivity contribution in [2.24, 2.45) is 5.92 Å². The first-order chi connectivity index (χ1) is 13.4. The molecule has 0 bridgehead atoms. The molecule has 3 atom stereocenters. The minimum atomic E-state index is -0.420. The number of nitriles is 1. The van der Waals surface area contributed by atoms with Crippen LogP contribution in [0, 0.1) is 17.2 Å². The fraction of sp³-hybridized carbons (Fsp3) is 0.571. The molecule has 1 aliphatic rings. The van der Waals surface area contributed by atoms with Crippen molar-refractivity contribution in [3.63, 3.8) is 0 Å². The van der Waals surface area contributed by atoms with Crippen molar-refractivity contribution in [3.8, 4) is 11.8 Å². The van der Waals surface area contributed by atoms with Crippen molar-refractivity contribution in [2.45, 2.75) is 64.6 Å². The third-order valence-electron chi connectivity index (χ3n) is 4.64. The Hall–Kier alpha value is -2.75. The molecule has 2 rings (SSSR count). The van der Waals surface area contributed by atoms with Gasteiger partial charge in [-0.05, 0) is 63.8 Å². The van der Waals surface area contributed by atoms with Crippen molar-refractivity contribution in [2.75, 3.05) is 6.61 Å². The van der Waals surface area contributed by atoms with Gasteiger partial charge in [-0.1, -0.05) is 6.42 Å². The molecule has 0 aliphatic heterocycles. The van der Waals surface area contributed by atoms with Gasteiger partial charge in [0.25, 0.3) is 0 Å². The molecule has 7 nitrogen and oxygen atoms in total. The van der Waals surface area contributed by atoms with E-state index in [-0.39, 0.29) is 30.0 Å². The lowest BCUT2D eigenvalue weighted by molar-refractivity contribution is -0.123. The summed E-state index contributed by atoms with van der Waals surface area (Å²) < 4.78 is 10.8. The van der Waals surface area contributed by atoms with Crippen LogP contribution in [0.2, 0.25) is 0 Å². The maximum absolute atomic E-state index is 12.4. The Morgan fingerprint density at radius 3 is 2.57 bits per heavy atom. The molecule has 1 aliphatic carbocycles. The van der Waals surface area contributed by atoms with Crippen LogP contribution in [0.1, 0.15) is 52.0 Å². The first kappa shape index (κ1) is 21.5. The normalized spacial score (nSPS) is 19.5. The lowest BCUT2D eigenvalue weighted by Crippen LogP contribution is -2.42. The van der Waals surface area contributed by atoms with Crippen molar-refractivity contribution >= 4 is 12.0 Å². The summed E-state index contributed by atoms with van der Waals surface area (Å²) in [6, 6.07) is 8.73. The first-order valence-corrected chi connectivity index (χ1v) is 9.77. The minimum absolute atomic E-state index is 0.0257. The van der Waals surface area contributed by atoms with Crippen molar-refractivity contribution in [3.05, 3.63) is 29.8 Å². The number of alkyl carbamates (subject to hydrolysis) is 1. The summed E-state index contributed by atoms with van der Waals surface area (Å²) in [5.74, 6) is 0.724. The van der Waals surface area contributed by atoms with Crippen LogP contribution in [0.3, 0.4) is 0 Å². The van der Waals surface area contributed by atoms with E-state index in [1.165, 1.54) is 0 Å². The summed E-state index contributed by atoms with van der Waals surface area (Å²) in [7, 11) is 0. The van der Waals surface area contributed by atoms with Crippen molar-refractivity contribution < 1.29 is 19.1 Å². The largest absolute Gasteiger partial charge is 0.491 e. The van der Waals surface area contributed by atoms with E-state index in [1.807, 2.05) is 6.92 Å². The van der Waals surface area contributed by atoms with E-state index in [1.54, 1.807) is 38.1 Å². The van der Waals surface area contributed by atoms with Crippen molar-refractivity contribution in [1.82, 2.24) is 10.6 Å². The summed E-state index contributed by atoms with van der Waals surface area (Å²) in [5, 5.41) is 14.6. The molecule has 1 aromatic carbocycles. The maximum atomic E-state index is 12.4. The van der Waals surface area contributed by atoms with Crippen molar-refractivity contribution in [1.29, 1.82) is 5.26 Å². The summed E-state index contributed by atoms with van der Waals surface area (Å²) >= 11 is 0. The zero-order chi connectivity index (χ0) is 20.5. The van der Waals surface area contributed by atoms with Gasteiger partial charge in [0.05, 0.1) is 23.8 Å². The van der Waals surface area contributed by atoms with E-state index >= 15 is 0 Å². The fourth-order valence-electron chi connectivity index (χ4n) is 3.33. The number of nitrogens with one attached hydrogen (secondary N) is 2. The van der Waals surface area contributed by atoms with Crippen LogP contribution in [0.25, 0.3) is 0 Å². The summed E-state index contributed by atoms with van der Waals surface area (Å²) in [6.45, 7) is 5.83. The molecule has 2 amide bonds. The van der Waals surface area contributed by atoms with Gasteiger partial charge >= 0.3 is 6.09 Å². The minimum Gasteiger partial charge on any atom is -0.491 e. The Morgan fingerprint density at radius 1 is 1.21 bits per heavy atom. The molecule has 2 N–H and O–H groups in total. The average molecular weight is 387 g/mol. The van der Waals surface area contributed by atoms with Crippen LogP contribution < -0.4 is 15.4 Å². The molecule has 7 heteroatoms. The zero-order valence-electron chi connectivity index (χ0n) is 16.7. The van der Waals surface area contributed by atoms with Gasteiger partial charge < -0.3 is 20.1 Å². The molecule has 0 aromatic heterocycles. The lowest BCUT2D eigenvalue weighted by Gasteiger charge is -2.22. The molecule has 0 spiro atoms. The third kappa shape index (κ3) is 7.10. The number of hydrogen-bond donors (Lipinski definition) is 2. The SMILES string of the molecule is CC(COc1ccc(C#N)cc1)NC(=O)CC1CCCC1NC(=O)OC(C)C. The molecule has 1 aromatic rings. The van der Waals surface area contributed by atoms with Gasteiger partial charge in [-0.15, -0.1) is 0 Å². The molecular formula is C21H29N3O4. The molecule has 1 fully saturated rings. The van der Waals surface area contributed by atoms with E-state index in [0.717, 1.165) is 19.3 Å². The number of nitrogens with zero attached hydrogens (tertiary/aromatic N) is 1. The number of carbonyl (C=O) groups is 2. The third-order valence-corrected chi connectivity index (χ3v) is 4.64. The van der Waals surface area contributed by atoms with Gasteiger partial charge in [-0.3, -0.25) is 4.79 Å². The quantitative estimate of drug-likeness (QED) is 0.714. The summed E-state index contributed by atoms with van der Waals surface area (Å²) in [4.78, 5) is 24.2. The highest BCUT2D eigenvalue weighted by Crippen LogP contribution is 2.28. The predicted molar refractivity (Wildman–Crippen MR) is 105 cm³/mol. The van der Waals surface area contributed by atoms with E-state index in [4.69, 9.17) is 14.7 Å². The van der Waals surface area contributed by atoms with Gasteiger partial charge in [0.15, 0.2) is 0 Å². The average Bonchev–Trinajstić information content (AvgIpc) is 3.06. The fourth-order valence-corrected chi connectivity index (χ4v) is 3.33. The van der Waals surface area contributed by atoms with E-state index in [2.05, 4.69) is 16.7 Å². The Balaban J connectivity index is 1.73. The number of ether oxygens (including phenoxy) is 2. The second-order valence-corrected chi connectivity index (χ2v) is 7.52. The molecule has 0 saturated heterocycles. The molecule has 28 heavy (non-hydrogen) atoms. The standard InChI is InChI=1S/C21H29N3O4/c1-14(2)28-21(26)24-19-6-4-5-17(19)11-20(25)23-15(3)13-27-18-9-7-16(12-22)8-10-18/h7-10,14-15,17,19H,4-6,11,13H2,1-3H3,(H,23,25)(H,24,26). The highest BCUT2D eigenvalue weighted by Gasteiger charge is 2.31. The van der Waals surface area contributed by atoms with Crippen LogP contribution in [0.15, 0.2) is 24.3 Å². The van der Waals surface area contributed by atoms with E-state index < -0.39 is 6.09 Å². The Labute approximate surface area is 166 Å². The molecule has 0 heterocycles. The van der Waals surface area contributed by atoms with Gasteiger partial charge in [-0.2, -0.15) is 5.26 Å². The topological polar surface area (TPSA) is 100 Å². The molecule has 1 saturated carbocycles. The van der Waals surface area contributed by atoms with Crippen LogP contribution >= 0.6 is 0 Å². The number of amides is 2. The number of benzene rings is 1. The van der Waals surface area contributed by atoms with Crippen LogP contribution in [0.5, 0.6) is 5.75 Å². The summed E-state index contributed by atoms with van der Waals surface area (Å²) in [5.41, 5.74) is 0.575. The molecular weight excluding hydrogens is 358 g/mol. The second-order valence-electron chi connectivity index (χ2n) is 7.52. The van der Waals surface area contributed by atoms with Crippen LogP contribution in [0.4, 0.5) is 4.79 Å². The van der Waals surface area contributed by atoms with Gasteiger partial charge in [0.2, 0.25) is 5.91 Å². The lowest BCUT2D eigenvalue weighted by atomic mass is 9.99. The highest BCUT2D eigenvalue weighted by molar-refractivity contribution is 5.76. The second kappa shape index (κ2) is 10.5. The molecule has 3 unspecified atom stereocenters. The smallest absolute Gasteiger partial charge is 0.407 e. The highest BCUT2D eigenvalue weighted by atomic mass is 16.6. The zero-order valence-corrected chi connectivity index (χ0v) is 16.7. The van der Waals surface area contributed by atoms with E-state index in [0.29, 0.717) is 24.3 Å². The molecule has 152 valence electrons. The predicted octanol–water partition coefficient (Wildman–Crippen LogP) is 3.14. The van der Waals surface area contributed by atoms with Crippen LogP contribution in [-0.2, 0) is 9.53 Å². The summed E-state index contributed by atoms with van der Waals surface area (Å²) in [6.07, 6.45) is 2.55. The Bertz CT molecular complexity index is 697. The molecule has 0 radical (unpaired) electrons. The van der Waals surface area contributed by atoms with Gasteiger partial charge in [-0.25, -0.2) is 4.79 Å². The number of carbonyl (C=O) groups excluding carboxylic acids is 2. The van der Waals surface area contributed by atoms with Crippen LogP contribution in [-0.4, -0.2) is 36.8 Å². The number of rotatable bonds is 8. The monoisotopic (exact) mass is 387 g/mol. The Kier molecular flexibility index (Phi) is 8.12. The maximum Gasteiger partial charge on any atom is 0.407 e.